The molecule has 1 fully saturated rings. The molecule has 1 aliphatic rings. The normalized spacial score (nSPS) is 13.3. The van der Waals surface area contributed by atoms with Gasteiger partial charge in [0.2, 0.25) is 0 Å². The lowest BCUT2D eigenvalue weighted by Gasteiger charge is -2.30. The minimum Gasteiger partial charge on any atom is -0.489 e. The molecule has 0 radical (unpaired) electrons. The highest BCUT2D eigenvalue weighted by atomic mass is 16.5. The second-order valence-corrected chi connectivity index (χ2v) is 7.20. The number of ether oxygens (including phenoxy) is 2. The van der Waals surface area contributed by atoms with Crippen molar-refractivity contribution in [3.05, 3.63) is 89.5 Å². The predicted molar refractivity (Wildman–Crippen MR) is 119 cm³/mol. The van der Waals surface area contributed by atoms with Crippen LogP contribution in [0.3, 0.4) is 0 Å². The van der Waals surface area contributed by atoms with E-state index in [2.05, 4.69) is 16.3 Å². The number of benzene rings is 3. The molecule has 156 valence electrons. The summed E-state index contributed by atoms with van der Waals surface area (Å²) in [6.07, 6.45) is 0. The van der Waals surface area contributed by atoms with Crippen LogP contribution in [0, 0.1) is 11.3 Å². The Morgan fingerprint density at radius 3 is 2.68 bits per heavy atom. The van der Waals surface area contributed by atoms with Crippen molar-refractivity contribution in [1.29, 1.82) is 5.26 Å². The molecule has 1 aliphatic heterocycles. The molecule has 3 aromatic carbocycles. The maximum atomic E-state index is 12.9. The number of hydrogen-bond acceptors (Lipinski definition) is 5. The monoisotopic (exact) mass is 413 g/mol. The lowest BCUT2D eigenvalue weighted by molar-refractivity contribution is 0.102. The molecule has 6 heteroatoms. The first-order chi connectivity index (χ1) is 15.2. The summed E-state index contributed by atoms with van der Waals surface area (Å²) < 4.78 is 11.2. The van der Waals surface area contributed by atoms with Crippen LogP contribution in [0.25, 0.3) is 0 Å². The zero-order valence-electron chi connectivity index (χ0n) is 17.1. The fraction of sp³-hybridized carbons (Fsp3) is 0.200. The lowest BCUT2D eigenvalue weighted by Crippen LogP contribution is -2.36. The van der Waals surface area contributed by atoms with Gasteiger partial charge >= 0.3 is 0 Å². The summed E-state index contributed by atoms with van der Waals surface area (Å²) in [7, 11) is 0. The van der Waals surface area contributed by atoms with Crippen molar-refractivity contribution < 1.29 is 14.3 Å². The molecule has 3 aromatic rings. The minimum atomic E-state index is -0.172. The summed E-state index contributed by atoms with van der Waals surface area (Å²) >= 11 is 0. The Morgan fingerprint density at radius 2 is 1.84 bits per heavy atom. The van der Waals surface area contributed by atoms with E-state index in [-0.39, 0.29) is 5.91 Å². The highest BCUT2D eigenvalue weighted by molar-refractivity contribution is 6.06. The summed E-state index contributed by atoms with van der Waals surface area (Å²) in [4.78, 5) is 15.1. The van der Waals surface area contributed by atoms with E-state index >= 15 is 0 Å². The topological polar surface area (TPSA) is 74.6 Å². The van der Waals surface area contributed by atoms with Crippen LogP contribution in [-0.2, 0) is 11.3 Å². The van der Waals surface area contributed by atoms with E-state index in [1.54, 1.807) is 30.3 Å². The molecule has 6 nitrogen and oxygen atoms in total. The summed E-state index contributed by atoms with van der Waals surface area (Å²) in [5.74, 6) is 0.447. The Hall–Kier alpha value is -3.82. The molecule has 1 N–H and O–H groups in total. The Labute approximate surface area is 181 Å². The van der Waals surface area contributed by atoms with Gasteiger partial charge in [-0.2, -0.15) is 5.26 Å². The van der Waals surface area contributed by atoms with Crippen molar-refractivity contribution >= 4 is 17.3 Å². The minimum absolute atomic E-state index is 0.172. The number of hydrogen-bond donors (Lipinski definition) is 1. The third-order valence-electron chi connectivity index (χ3n) is 5.06. The largest absolute Gasteiger partial charge is 0.489 e. The zero-order chi connectivity index (χ0) is 21.5. The van der Waals surface area contributed by atoms with Crippen LogP contribution in [0.15, 0.2) is 72.8 Å². The molecule has 0 aliphatic carbocycles. The van der Waals surface area contributed by atoms with Gasteiger partial charge in [-0.3, -0.25) is 4.79 Å². The first-order valence-electron chi connectivity index (χ1n) is 10.2. The lowest BCUT2D eigenvalue weighted by atomic mass is 10.1. The van der Waals surface area contributed by atoms with Crippen molar-refractivity contribution in [2.45, 2.75) is 6.61 Å². The third kappa shape index (κ3) is 5.21. The Morgan fingerprint density at radius 1 is 1.03 bits per heavy atom. The molecular formula is C25H23N3O3. The van der Waals surface area contributed by atoms with E-state index in [0.717, 1.165) is 30.0 Å². The van der Waals surface area contributed by atoms with Gasteiger partial charge in [0.25, 0.3) is 5.91 Å². The van der Waals surface area contributed by atoms with Crippen LogP contribution in [0.5, 0.6) is 5.75 Å². The first kappa shape index (κ1) is 20.5. The van der Waals surface area contributed by atoms with Gasteiger partial charge in [-0.15, -0.1) is 0 Å². The Balaban J connectivity index is 1.44. The number of carbonyl (C=O) groups is 1. The molecule has 1 saturated heterocycles. The number of para-hydroxylation sites is 2. The fourth-order valence-corrected chi connectivity index (χ4v) is 3.48. The SMILES string of the molecule is N#Cc1cccc(OCc2cccc(C(=O)Nc3ccccc3N3CCOCC3)c2)c1. The highest BCUT2D eigenvalue weighted by Gasteiger charge is 2.16. The van der Waals surface area contributed by atoms with Gasteiger partial charge in [-0.25, -0.2) is 0 Å². The Kier molecular flexibility index (Phi) is 6.46. The van der Waals surface area contributed by atoms with Crippen LogP contribution >= 0.6 is 0 Å². The number of morpholine rings is 1. The quantitative estimate of drug-likeness (QED) is 0.655. The van der Waals surface area contributed by atoms with Crippen molar-refractivity contribution in [3.8, 4) is 11.8 Å². The van der Waals surface area contributed by atoms with Gasteiger partial charge in [0, 0.05) is 18.7 Å². The molecule has 4 rings (SSSR count). The maximum Gasteiger partial charge on any atom is 0.255 e. The second kappa shape index (κ2) is 9.79. The van der Waals surface area contributed by atoms with E-state index in [9.17, 15) is 4.79 Å². The molecule has 0 bridgehead atoms. The zero-order valence-corrected chi connectivity index (χ0v) is 17.1. The van der Waals surface area contributed by atoms with Crippen molar-refractivity contribution in [1.82, 2.24) is 0 Å². The van der Waals surface area contributed by atoms with Crippen LogP contribution in [0.1, 0.15) is 21.5 Å². The van der Waals surface area contributed by atoms with Crippen LogP contribution in [0.2, 0.25) is 0 Å². The van der Waals surface area contributed by atoms with E-state index in [0.29, 0.717) is 36.7 Å². The average Bonchev–Trinajstić information content (AvgIpc) is 2.84. The number of rotatable bonds is 6. The molecule has 1 amide bonds. The van der Waals surface area contributed by atoms with E-state index in [1.807, 2.05) is 42.5 Å². The van der Waals surface area contributed by atoms with E-state index in [1.165, 1.54) is 0 Å². The number of anilines is 2. The van der Waals surface area contributed by atoms with Gasteiger partial charge in [0.05, 0.1) is 36.2 Å². The maximum absolute atomic E-state index is 12.9. The summed E-state index contributed by atoms with van der Waals surface area (Å²) in [6, 6.07) is 24.3. The molecular weight excluding hydrogens is 390 g/mol. The van der Waals surface area contributed by atoms with Gasteiger partial charge in [-0.05, 0) is 48.0 Å². The predicted octanol–water partition coefficient (Wildman–Crippen LogP) is 4.23. The number of amides is 1. The fourth-order valence-electron chi connectivity index (χ4n) is 3.48. The van der Waals surface area contributed by atoms with Gasteiger partial charge in [0.15, 0.2) is 0 Å². The number of nitrogens with zero attached hydrogens (tertiary/aromatic N) is 2. The third-order valence-corrected chi connectivity index (χ3v) is 5.06. The average molecular weight is 413 g/mol. The van der Waals surface area contributed by atoms with E-state index in [4.69, 9.17) is 14.7 Å². The number of nitrogens with one attached hydrogen (secondary N) is 1. The molecule has 0 atom stereocenters. The van der Waals surface area contributed by atoms with Gasteiger partial charge in [0.1, 0.15) is 12.4 Å². The van der Waals surface area contributed by atoms with Gasteiger partial charge < -0.3 is 19.7 Å². The van der Waals surface area contributed by atoms with Crippen LogP contribution < -0.4 is 15.0 Å². The summed E-state index contributed by atoms with van der Waals surface area (Å²) in [5.41, 5.74) is 3.75. The van der Waals surface area contributed by atoms with Crippen LogP contribution in [-0.4, -0.2) is 32.2 Å². The van der Waals surface area contributed by atoms with Crippen molar-refractivity contribution in [3.63, 3.8) is 0 Å². The summed E-state index contributed by atoms with van der Waals surface area (Å²) in [6.45, 7) is 3.27. The molecule has 1 heterocycles. The van der Waals surface area contributed by atoms with E-state index < -0.39 is 0 Å². The molecule has 0 aromatic heterocycles. The molecule has 0 spiro atoms. The van der Waals surface area contributed by atoms with Crippen molar-refractivity contribution in [2.75, 3.05) is 36.5 Å². The van der Waals surface area contributed by atoms with Gasteiger partial charge in [-0.1, -0.05) is 30.3 Å². The molecule has 0 saturated carbocycles. The number of nitriles is 1. The molecule has 31 heavy (non-hydrogen) atoms. The number of carbonyl (C=O) groups excluding carboxylic acids is 1. The smallest absolute Gasteiger partial charge is 0.255 e. The second-order valence-electron chi connectivity index (χ2n) is 7.20. The van der Waals surface area contributed by atoms with Crippen LogP contribution in [0.4, 0.5) is 11.4 Å². The first-order valence-corrected chi connectivity index (χ1v) is 10.2. The summed E-state index contributed by atoms with van der Waals surface area (Å²) in [5, 5.41) is 12.1. The Bertz CT molecular complexity index is 1100. The molecule has 0 unspecified atom stereocenters. The highest BCUT2D eigenvalue weighted by Crippen LogP contribution is 2.27. The van der Waals surface area contributed by atoms with Crippen molar-refractivity contribution in [2.24, 2.45) is 0 Å². The standard InChI is InChI=1S/C25H23N3O3/c26-17-19-5-4-8-22(16-19)31-18-20-6-3-7-21(15-20)25(29)27-23-9-1-2-10-24(23)28-11-13-30-14-12-28/h1-10,15-16H,11-14,18H2,(H,27,29).